The zero-order valence-electron chi connectivity index (χ0n) is 15.5. The van der Waals surface area contributed by atoms with Crippen LogP contribution in [0.3, 0.4) is 0 Å². The van der Waals surface area contributed by atoms with E-state index in [9.17, 15) is 13.2 Å². The largest absolute Gasteiger partial charge is 0.476 e. The van der Waals surface area contributed by atoms with Crippen LogP contribution in [0.1, 0.15) is 25.7 Å². The van der Waals surface area contributed by atoms with Crippen molar-refractivity contribution in [2.45, 2.75) is 36.8 Å². The molecule has 27 heavy (non-hydrogen) atoms. The van der Waals surface area contributed by atoms with E-state index < -0.39 is 15.9 Å². The summed E-state index contributed by atoms with van der Waals surface area (Å²) >= 11 is 0. The van der Waals surface area contributed by atoms with Crippen molar-refractivity contribution < 1.29 is 23.1 Å². The van der Waals surface area contributed by atoms with Crippen molar-refractivity contribution in [3.05, 3.63) is 12.4 Å². The van der Waals surface area contributed by atoms with Gasteiger partial charge in [-0.15, -0.1) is 0 Å². The van der Waals surface area contributed by atoms with Crippen LogP contribution in [-0.2, 0) is 9.84 Å². The van der Waals surface area contributed by atoms with Crippen LogP contribution in [0.2, 0.25) is 0 Å². The van der Waals surface area contributed by atoms with Gasteiger partial charge in [0.15, 0.2) is 14.9 Å². The average molecular weight is 398 g/mol. The van der Waals surface area contributed by atoms with Gasteiger partial charge in [-0.3, -0.25) is 4.90 Å². The predicted molar refractivity (Wildman–Crippen MR) is 97.6 cm³/mol. The van der Waals surface area contributed by atoms with E-state index in [2.05, 4.69) is 14.9 Å². The molecule has 10 heteroatoms. The Morgan fingerprint density at radius 1 is 1.15 bits per heavy atom. The maximum absolute atomic E-state index is 11.4. The molecule has 0 aromatic carbocycles. The second kappa shape index (κ2) is 8.39. The van der Waals surface area contributed by atoms with Gasteiger partial charge in [0.05, 0.1) is 19.0 Å². The summed E-state index contributed by atoms with van der Waals surface area (Å²) in [4.78, 5) is 22.8. The molecule has 1 N–H and O–H groups in total. The first kappa shape index (κ1) is 19.8. The molecule has 1 amide bonds. The third-order valence-corrected chi connectivity index (χ3v) is 6.34. The number of hydrogen-bond donors (Lipinski definition) is 1. The minimum Gasteiger partial charge on any atom is -0.476 e. The van der Waals surface area contributed by atoms with Crippen molar-refractivity contribution in [1.82, 2.24) is 19.8 Å². The molecule has 9 nitrogen and oxygen atoms in total. The maximum Gasteiger partial charge on any atom is 0.407 e. The van der Waals surface area contributed by atoms with Gasteiger partial charge in [0.25, 0.3) is 0 Å². The first-order valence-electron chi connectivity index (χ1n) is 9.20. The molecule has 0 radical (unpaired) electrons. The lowest BCUT2D eigenvalue weighted by atomic mass is 9.85. The van der Waals surface area contributed by atoms with Crippen LogP contribution in [0.25, 0.3) is 0 Å². The zero-order valence-corrected chi connectivity index (χ0v) is 16.3. The van der Waals surface area contributed by atoms with Crippen LogP contribution in [0.15, 0.2) is 17.4 Å². The van der Waals surface area contributed by atoms with Gasteiger partial charge >= 0.3 is 6.09 Å². The number of nitrogens with zero attached hydrogens (tertiary/aromatic N) is 4. The van der Waals surface area contributed by atoms with Crippen LogP contribution in [-0.4, -0.2) is 84.5 Å². The van der Waals surface area contributed by atoms with E-state index in [0.717, 1.165) is 45.0 Å². The van der Waals surface area contributed by atoms with Crippen LogP contribution in [0, 0.1) is 5.92 Å². The Labute approximate surface area is 159 Å². The highest BCUT2D eigenvalue weighted by atomic mass is 32.2. The van der Waals surface area contributed by atoms with Gasteiger partial charge in [0.1, 0.15) is 0 Å². The number of aromatic nitrogens is 2. The van der Waals surface area contributed by atoms with Crippen molar-refractivity contribution in [3.8, 4) is 5.88 Å². The Kier molecular flexibility index (Phi) is 6.15. The van der Waals surface area contributed by atoms with Gasteiger partial charge in [-0.25, -0.2) is 23.2 Å². The molecule has 1 saturated carbocycles. The van der Waals surface area contributed by atoms with E-state index in [1.165, 1.54) is 17.3 Å². The number of amides is 1. The summed E-state index contributed by atoms with van der Waals surface area (Å²) in [6.45, 7) is 3.33. The third kappa shape index (κ3) is 5.29. The van der Waals surface area contributed by atoms with Gasteiger partial charge in [-0.2, -0.15) is 0 Å². The summed E-state index contributed by atoms with van der Waals surface area (Å²) in [6, 6.07) is 0.519. The minimum absolute atomic E-state index is 0.0571. The topological polar surface area (TPSA) is 113 Å². The maximum atomic E-state index is 11.4. The van der Waals surface area contributed by atoms with Crippen molar-refractivity contribution in [3.63, 3.8) is 0 Å². The molecule has 0 unspecified atom stereocenters. The van der Waals surface area contributed by atoms with E-state index in [0.29, 0.717) is 37.5 Å². The molecule has 2 aliphatic rings. The highest BCUT2D eigenvalue weighted by molar-refractivity contribution is 7.90. The molecule has 0 atom stereocenters. The summed E-state index contributed by atoms with van der Waals surface area (Å²) < 4.78 is 28.4. The van der Waals surface area contributed by atoms with Crippen molar-refractivity contribution in [1.29, 1.82) is 0 Å². The summed E-state index contributed by atoms with van der Waals surface area (Å²) in [5.74, 6) is 0.784. The number of rotatable bonds is 5. The van der Waals surface area contributed by atoms with Gasteiger partial charge in [-0.05, 0) is 31.6 Å². The number of hydrogen-bond acceptors (Lipinski definition) is 7. The lowest BCUT2D eigenvalue weighted by Gasteiger charge is -2.41. The normalized spacial score (nSPS) is 24.6. The lowest BCUT2D eigenvalue weighted by molar-refractivity contribution is 0.0616. The summed E-state index contributed by atoms with van der Waals surface area (Å²) in [7, 11) is -3.35. The molecule has 3 rings (SSSR count). The second-order valence-corrected chi connectivity index (χ2v) is 9.22. The summed E-state index contributed by atoms with van der Waals surface area (Å²) in [5, 5.41) is 8.97. The van der Waals surface area contributed by atoms with Crippen LogP contribution < -0.4 is 4.74 Å². The van der Waals surface area contributed by atoms with E-state index in [4.69, 9.17) is 9.84 Å². The monoisotopic (exact) mass is 398 g/mol. The lowest BCUT2D eigenvalue weighted by Crippen LogP contribution is -2.52. The predicted octanol–water partition coefficient (Wildman–Crippen LogP) is 1.11. The fourth-order valence-electron chi connectivity index (χ4n) is 3.73. The highest BCUT2D eigenvalue weighted by Gasteiger charge is 2.29. The number of piperazine rings is 1. The van der Waals surface area contributed by atoms with Crippen molar-refractivity contribution in [2.75, 3.05) is 39.0 Å². The first-order chi connectivity index (χ1) is 12.8. The molecule has 1 aromatic rings. The number of carbonyl (C=O) groups is 1. The highest BCUT2D eigenvalue weighted by Crippen LogP contribution is 2.28. The zero-order chi connectivity index (χ0) is 19.4. The molecule has 1 aliphatic carbocycles. The number of sulfone groups is 1. The molecule has 0 spiro atoms. The molecular weight excluding hydrogens is 372 g/mol. The van der Waals surface area contributed by atoms with E-state index in [1.54, 1.807) is 0 Å². The summed E-state index contributed by atoms with van der Waals surface area (Å²) in [6.07, 6.45) is 7.11. The van der Waals surface area contributed by atoms with Gasteiger partial charge < -0.3 is 14.7 Å². The fourth-order valence-corrected chi connectivity index (χ4v) is 4.22. The quantitative estimate of drug-likeness (QED) is 0.785. The smallest absolute Gasteiger partial charge is 0.407 e. The first-order valence-corrected chi connectivity index (χ1v) is 11.1. The fraction of sp³-hybridized carbons (Fsp3) is 0.706. The van der Waals surface area contributed by atoms with Gasteiger partial charge in [0, 0.05) is 38.5 Å². The van der Waals surface area contributed by atoms with E-state index in [-0.39, 0.29) is 5.03 Å². The Morgan fingerprint density at radius 3 is 2.33 bits per heavy atom. The van der Waals surface area contributed by atoms with E-state index >= 15 is 0 Å². The minimum atomic E-state index is -3.35. The number of ether oxygens (including phenoxy) is 1. The Morgan fingerprint density at radius 2 is 1.81 bits per heavy atom. The molecule has 1 aliphatic heterocycles. The standard InChI is InChI=1S/C17H26N4O5S/c1-27(24,25)16-11-18-15(10-19-16)26-12-13-2-4-14(5-3-13)20-6-8-21(9-7-20)17(22)23/h10-11,13-14H,2-9,12H2,1H3,(H,22,23). The van der Waals surface area contributed by atoms with Crippen molar-refractivity contribution in [2.24, 2.45) is 5.92 Å². The second-order valence-electron chi connectivity index (χ2n) is 7.26. The number of carboxylic acid groups (broad SMARTS) is 1. The molecule has 0 bridgehead atoms. The van der Waals surface area contributed by atoms with Gasteiger partial charge in [0.2, 0.25) is 5.88 Å². The van der Waals surface area contributed by atoms with Crippen molar-refractivity contribution >= 4 is 15.9 Å². The average Bonchev–Trinajstić information content (AvgIpc) is 2.66. The molecule has 2 heterocycles. The third-order valence-electron chi connectivity index (χ3n) is 5.37. The molecule has 2 fully saturated rings. The summed E-state index contributed by atoms with van der Waals surface area (Å²) in [5.41, 5.74) is 0. The molecule has 150 valence electrons. The van der Waals surface area contributed by atoms with Gasteiger partial charge in [-0.1, -0.05) is 0 Å². The van der Waals surface area contributed by atoms with Crippen LogP contribution >= 0.6 is 0 Å². The molecular formula is C17H26N4O5S. The van der Waals surface area contributed by atoms with Crippen LogP contribution in [0.5, 0.6) is 5.88 Å². The SMILES string of the molecule is CS(=O)(=O)c1cnc(OCC2CCC(N3CCN(C(=O)O)CC3)CC2)cn1. The molecule has 1 saturated heterocycles. The Balaban J connectivity index is 1.40. The van der Waals surface area contributed by atoms with E-state index in [1.807, 2.05) is 0 Å². The Bertz CT molecular complexity index is 739. The van der Waals surface area contributed by atoms with Crippen LogP contribution in [0.4, 0.5) is 4.79 Å². The molecule has 1 aromatic heterocycles. The Hall–Kier alpha value is -1.94.